The number of terminal acetylenes is 1. The summed E-state index contributed by atoms with van der Waals surface area (Å²) in [4.78, 5) is 19.0. The summed E-state index contributed by atoms with van der Waals surface area (Å²) in [5.41, 5.74) is 2.75. The second-order valence-electron chi connectivity index (χ2n) is 8.22. The number of aliphatic hydroxyl groups is 1. The molecule has 208 valence electrons. The molecule has 1 atom stereocenters. The van der Waals surface area contributed by atoms with E-state index in [4.69, 9.17) is 35.6 Å². The maximum absolute atomic E-state index is 10.2. The molecule has 1 aromatic heterocycles. The minimum Gasteiger partial charge on any atom is -0.487 e. The molecule has 4 rings (SSSR count). The van der Waals surface area contributed by atoms with Crippen molar-refractivity contribution in [3.05, 3.63) is 84.2 Å². The van der Waals surface area contributed by atoms with Crippen LogP contribution in [0.2, 0.25) is 0 Å². The number of aliphatic hydroxyl groups excluding tert-OH is 1. The number of anilines is 2. The SMILES string of the molecule is C#Cc1cccc(Nc2ncnc3cc(OCCOC)c(OCCOC)cc23)c1.O=C(O)C(O)c1ccccc1. The van der Waals surface area contributed by atoms with Crippen LogP contribution in [-0.4, -0.2) is 66.8 Å². The van der Waals surface area contributed by atoms with Gasteiger partial charge in [-0.05, 0) is 29.8 Å². The molecule has 1 unspecified atom stereocenters. The van der Waals surface area contributed by atoms with Gasteiger partial charge in [-0.3, -0.25) is 0 Å². The second kappa shape index (κ2) is 15.7. The zero-order chi connectivity index (χ0) is 28.7. The standard InChI is InChI=1S/C22H23N3O4.C8H8O3/c1-4-16-6-5-7-17(12-16)25-22-18-13-20(28-10-8-26-2)21(29-11-9-27-3)14-19(18)23-15-24-22;9-7(8(10)11)6-4-2-1-3-5-6/h1,5-7,12-15H,8-11H2,2-3H3,(H,23,24,25);1-5,7,9H,(H,10,11). The highest BCUT2D eigenvalue weighted by Crippen LogP contribution is 2.35. The fraction of sp³-hybridized carbons (Fsp3) is 0.233. The van der Waals surface area contributed by atoms with Crippen molar-refractivity contribution in [1.82, 2.24) is 9.97 Å². The first-order valence-electron chi connectivity index (χ1n) is 12.3. The number of methoxy groups -OCH3 is 2. The van der Waals surface area contributed by atoms with Gasteiger partial charge in [0.25, 0.3) is 0 Å². The van der Waals surface area contributed by atoms with Gasteiger partial charge in [0.1, 0.15) is 25.4 Å². The number of hydrogen-bond donors (Lipinski definition) is 3. The molecular formula is C30H31N3O7. The third kappa shape index (κ3) is 8.68. The van der Waals surface area contributed by atoms with Crippen molar-refractivity contribution >= 4 is 28.4 Å². The number of nitrogens with zero attached hydrogens (tertiary/aromatic N) is 2. The predicted molar refractivity (Wildman–Crippen MR) is 151 cm³/mol. The molecule has 40 heavy (non-hydrogen) atoms. The molecule has 10 heteroatoms. The van der Waals surface area contributed by atoms with Crippen molar-refractivity contribution in [3.8, 4) is 23.8 Å². The minimum atomic E-state index is -1.41. The molecule has 0 bridgehead atoms. The van der Waals surface area contributed by atoms with Crippen molar-refractivity contribution in [1.29, 1.82) is 0 Å². The molecule has 4 aromatic rings. The number of carbonyl (C=O) groups is 1. The van der Waals surface area contributed by atoms with E-state index in [2.05, 4.69) is 21.2 Å². The Bertz CT molecular complexity index is 1420. The van der Waals surface area contributed by atoms with Gasteiger partial charge in [-0.15, -0.1) is 6.42 Å². The maximum Gasteiger partial charge on any atom is 0.337 e. The number of aliphatic carboxylic acids is 1. The first-order chi connectivity index (χ1) is 19.5. The van der Waals surface area contributed by atoms with E-state index in [1.807, 2.05) is 36.4 Å². The summed E-state index contributed by atoms with van der Waals surface area (Å²) in [7, 11) is 3.25. The number of rotatable bonds is 12. The van der Waals surface area contributed by atoms with E-state index in [9.17, 15) is 4.79 Å². The second-order valence-corrected chi connectivity index (χ2v) is 8.22. The molecular weight excluding hydrogens is 514 g/mol. The number of benzene rings is 3. The number of aromatic nitrogens is 2. The number of ether oxygens (including phenoxy) is 4. The first-order valence-corrected chi connectivity index (χ1v) is 12.3. The van der Waals surface area contributed by atoms with Crippen LogP contribution in [0.3, 0.4) is 0 Å². The van der Waals surface area contributed by atoms with Crippen molar-refractivity contribution in [2.75, 3.05) is 46.0 Å². The highest BCUT2D eigenvalue weighted by Gasteiger charge is 2.14. The Hall–Kier alpha value is -4.69. The number of hydrogen-bond acceptors (Lipinski definition) is 9. The minimum absolute atomic E-state index is 0.392. The van der Waals surface area contributed by atoms with E-state index >= 15 is 0 Å². The Labute approximate surface area is 232 Å². The van der Waals surface area contributed by atoms with Gasteiger partial charge in [0, 0.05) is 36.9 Å². The van der Waals surface area contributed by atoms with E-state index < -0.39 is 12.1 Å². The lowest BCUT2D eigenvalue weighted by Gasteiger charge is -2.15. The Morgan fingerprint density at radius 2 is 1.60 bits per heavy atom. The molecule has 0 saturated heterocycles. The molecule has 0 aliphatic rings. The Morgan fingerprint density at radius 1 is 0.925 bits per heavy atom. The summed E-state index contributed by atoms with van der Waals surface area (Å²) in [6.45, 7) is 1.73. The average Bonchev–Trinajstić information content (AvgIpc) is 2.98. The van der Waals surface area contributed by atoms with E-state index in [1.54, 1.807) is 44.6 Å². The summed E-state index contributed by atoms with van der Waals surface area (Å²) in [6, 6.07) is 19.5. The quantitative estimate of drug-likeness (QED) is 0.176. The topological polar surface area (TPSA) is 132 Å². The van der Waals surface area contributed by atoms with Crippen LogP contribution in [0.25, 0.3) is 10.9 Å². The van der Waals surface area contributed by atoms with Gasteiger partial charge < -0.3 is 34.5 Å². The first kappa shape index (κ1) is 29.9. The lowest BCUT2D eigenvalue weighted by molar-refractivity contribution is -0.146. The van der Waals surface area contributed by atoms with E-state index in [-0.39, 0.29) is 0 Å². The van der Waals surface area contributed by atoms with Crippen LogP contribution in [0.15, 0.2) is 73.1 Å². The zero-order valence-electron chi connectivity index (χ0n) is 22.2. The molecule has 0 saturated carbocycles. The summed E-state index contributed by atoms with van der Waals surface area (Å²) in [5, 5.41) is 21.5. The van der Waals surface area contributed by atoms with Crippen molar-refractivity contribution in [2.45, 2.75) is 6.10 Å². The third-order valence-electron chi connectivity index (χ3n) is 5.43. The molecule has 10 nitrogen and oxygen atoms in total. The Balaban J connectivity index is 0.000000336. The molecule has 1 heterocycles. The molecule has 0 radical (unpaired) electrons. The predicted octanol–water partition coefficient (Wildman–Crippen LogP) is 4.21. The normalized spacial score (nSPS) is 11.1. The largest absolute Gasteiger partial charge is 0.487 e. The third-order valence-corrected chi connectivity index (χ3v) is 5.43. The van der Waals surface area contributed by atoms with Crippen LogP contribution in [0.5, 0.6) is 11.5 Å². The number of fused-ring (bicyclic) bond motifs is 1. The summed E-state index contributed by atoms with van der Waals surface area (Å²) >= 11 is 0. The fourth-order valence-corrected chi connectivity index (χ4v) is 3.46. The monoisotopic (exact) mass is 545 g/mol. The number of nitrogens with one attached hydrogen (secondary N) is 1. The van der Waals surface area contributed by atoms with Crippen LogP contribution < -0.4 is 14.8 Å². The molecule has 3 N–H and O–H groups in total. The van der Waals surface area contributed by atoms with Crippen molar-refractivity contribution in [3.63, 3.8) is 0 Å². The van der Waals surface area contributed by atoms with Gasteiger partial charge in [-0.1, -0.05) is 42.3 Å². The Morgan fingerprint density at radius 3 is 2.23 bits per heavy atom. The summed E-state index contributed by atoms with van der Waals surface area (Å²) in [5.74, 6) is 3.22. The van der Waals surface area contributed by atoms with Gasteiger partial charge in [-0.25, -0.2) is 14.8 Å². The molecule has 3 aromatic carbocycles. The zero-order valence-corrected chi connectivity index (χ0v) is 22.2. The van der Waals surface area contributed by atoms with Gasteiger partial charge in [0.15, 0.2) is 17.6 Å². The van der Waals surface area contributed by atoms with Gasteiger partial charge in [-0.2, -0.15) is 0 Å². The molecule has 0 fully saturated rings. The van der Waals surface area contributed by atoms with Crippen LogP contribution >= 0.6 is 0 Å². The summed E-state index contributed by atoms with van der Waals surface area (Å²) < 4.78 is 21.8. The fourth-order valence-electron chi connectivity index (χ4n) is 3.46. The molecule has 0 amide bonds. The van der Waals surface area contributed by atoms with Gasteiger partial charge in [0.2, 0.25) is 0 Å². The summed E-state index contributed by atoms with van der Waals surface area (Å²) in [6.07, 6.45) is 5.59. The number of carboxylic acid groups (broad SMARTS) is 1. The Kier molecular flexibility index (Phi) is 11.7. The highest BCUT2D eigenvalue weighted by atomic mass is 16.5. The average molecular weight is 546 g/mol. The molecule has 0 aliphatic carbocycles. The molecule has 0 spiro atoms. The highest BCUT2D eigenvalue weighted by molar-refractivity contribution is 5.93. The van der Waals surface area contributed by atoms with E-state index in [0.717, 1.165) is 22.2 Å². The van der Waals surface area contributed by atoms with E-state index in [1.165, 1.54) is 6.33 Å². The van der Waals surface area contributed by atoms with Gasteiger partial charge >= 0.3 is 5.97 Å². The van der Waals surface area contributed by atoms with E-state index in [0.29, 0.717) is 49.3 Å². The van der Waals surface area contributed by atoms with Crippen LogP contribution in [0, 0.1) is 12.3 Å². The lowest BCUT2D eigenvalue weighted by atomic mass is 10.1. The van der Waals surface area contributed by atoms with Crippen molar-refractivity contribution < 1.29 is 34.0 Å². The van der Waals surface area contributed by atoms with Gasteiger partial charge in [0.05, 0.1) is 18.7 Å². The van der Waals surface area contributed by atoms with Crippen molar-refractivity contribution in [2.24, 2.45) is 0 Å². The lowest BCUT2D eigenvalue weighted by Crippen LogP contribution is -2.09. The smallest absolute Gasteiger partial charge is 0.337 e. The van der Waals surface area contributed by atoms with Crippen LogP contribution in [0.1, 0.15) is 17.2 Å². The number of carboxylic acids is 1. The van der Waals surface area contributed by atoms with Crippen LogP contribution in [-0.2, 0) is 14.3 Å². The molecule has 0 aliphatic heterocycles. The maximum atomic E-state index is 10.2. The van der Waals surface area contributed by atoms with Crippen LogP contribution in [0.4, 0.5) is 11.5 Å².